The lowest BCUT2D eigenvalue weighted by Gasteiger charge is -2.07. The van der Waals surface area contributed by atoms with Crippen LogP contribution in [0.3, 0.4) is 0 Å². The highest BCUT2D eigenvalue weighted by atomic mass is 16.5. The van der Waals surface area contributed by atoms with Gasteiger partial charge >= 0.3 is 5.97 Å². The van der Waals surface area contributed by atoms with Gasteiger partial charge in [0.05, 0.1) is 13.7 Å². The van der Waals surface area contributed by atoms with Crippen LogP contribution < -0.4 is 9.47 Å². The topological polar surface area (TPSA) is 72.8 Å². The van der Waals surface area contributed by atoms with Crippen LogP contribution in [0.5, 0.6) is 11.5 Å². The Kier molecular flexibility index (Phi) is 7.23. The summed E-state index contributed by atoms with van der Waals surface area (Å²) in [6.45, 7) is 2.62. The van der Waals surface area contributed by atoms with Crippen LogP contribution in [-0.2, 0) is 9.59 Å². The molecule has 0 aromatic heterocycles. The number of carbonyl (C=O) groups is 2. The molecule has 0 saturated carbocycles. The SMILES string of the molecule is CCOc1ccccc1OC.O=CC(=O)O. The Labute approximate surface area is 93.6 Å². The van der Waals surface area contributed by atoms with Crippen molar-refractivity contribution < 1.29 is 24.2 Å². The van der Waals surface area contributed by atoms with Crippen LogP contribution in [0.4, 0.5) is 0 Å². The molecule has 0 amide bonds. The van der Waals surface area contributed by atoms with Crippen molar-refractivity contribution in [1.29, 1.82) is 0 Å². The number of carbonyl (C=O) groups excluding carboxylic acids is 1. The van der Waals surface area contributed by atoms with Crippen molar-refractivity contribution in [2.75, 3.05) is 13.7 Å². The average molecular weight is 226 g/mol. The Morgan fingerprint density at radius 2 is 1.88 bits per heavy atom. The van der Waals surface area contributed by atoms with E-state index in [1.54, 1.807) is 7.11 Å². The maximum atomic E-state index is 9.00. The Balaban J connectivity index is 0.000000385. The van der Waals surface area contributed by atoms with Gasteiger partial charge in [-0.25, -0.2) is 4.79 Å². The molecule has 0 spiro atoms. The number of hydrogen-bond donors (Lipinski definition) is 1. The lowest BCUT2D eigenvalue weighted by molar-refractivity contribution is -0.143. The zero-order valence-corrected chi connectivity index (χ0v) is 9.17. The third-order valence-corrected chi connectivity index (χ3v) is 1.47. The Hall–Kier alpha value is -2.04. The van der Waals surface area contributed by atoms with Gasteiger partial charge in [0.1, 0.15) is 0 Å². The summed E-state index contributed by atoms with van der Waals surface area (Å²) in [4.78, 5) is 17.9. The Morgan fingerprint density at radius 3 is 2.25 bits per heavy atom. The molecule has 16 heavy (non-hydrogen) atoms. The van der Waals surface area contributed by atoms with Crippen molar-refractivity contribution in [1.82, 2.24) is 0 Å². The molecule has 0 radical (unpaired) electrons. The molecule has 0 bridgehead atoms. The predicted octanol–water partition coefficient (Wildman–Crippen LogP) is 1.36. The number of benzene rings is 1. The monoisotopic (exact) mass is 226 g/mol. The second-order valence-electron chi connectivity index (χ2n) is 2.54. The van der Waals surface area contributed by atoms with Crippen molar-refractivity contribution in [3.63, 3.8) is 0 Å². The van der Waals surface area contributed by atoms with Gasteiger partial charge < -0.3 is 14.6 Å². The second-order valence-corrected chi connectivity index (χ2v) is 2.54. The van der Waals surface area contributed by atoms with Gasteiger partial charge in [0, 0.05) is 0 Å². The van der Waals surface area contributed by atoms with Crippen LogP contribution in [0.15, 0.2) is 24.3 Å². The highest BCUT2D eigenvalue weighted by Crippen LogP contribution is 2.25. The first-order chi connectivity index (χ1) is 7.65. The number of carboxylic acids is 1. The number of aldehydes is 1. The minimum absolute atomic E-state index is 0.167. The van der Waals surface area contributed by atoms with Crippen LogP contribution in [0.25, 0.3) is 0 Å². The van der Waals surface area contributed by atoms with E-state index >= 15 is 0 Å². The van der Waals surface area contributed by atoms with Gasteiger partial charge in [-0.15, -0.1) is 0 Å². The van der Waals surface area contributed by atoms with Gasteiger partial charge in [-0.1, -0.05) is 12.1 Å². The average Bonchev–Trinajstić information content (AvgIpc) is 2.31. The van der Waals surface area contributed by atoms with Gasteiger partial charge in [0.2, 0.25) is 6.29 Å². The molecule has 1 rings (SSSR count). The van der Waals surface area contributed by atoms with E-state index in [-0.39, 0.29) is 6.29 Å². The molecule has 0 unspecified atom stereocenters. The minimum atomic E-state index is -1.43. The smallest absolute Gasteiger partial charge is 0.368 e. The fraction of sp³-hybridized carbons (Fsp3) is 0.273. The van der Waals surface area contributed by atoms with E-state index in [1.807, 2.05) is 31.2 Å². The minimum Gasteiger partial charge on any atom is -0.493 e. The first-order valence-electron chi connectivity index (χ1n) is 4.59. The lowest BCUT2D eigenvalue weighted by Crippen LogP contribution is -1.94. The molecule has 0 heterocycles. The fourth-order valence-corrected chi connectivity index (χ4v) is 0.894. The van der Waals surface area contributed by atoms with Gasteiger partial charge in [-0.3, -0.25) is 4.79 Å². The van der Waals surface area contributed by atoms with Crippen molar-refractivity contribution in [2.24, 2.45) is 0 Å². The standard InChI is InChI=1S/C9H12O2.C2H2O3/c1-3-11-9-7-5-4-6-8(9)10-2;3-1-2(4)5/h4-7H,3H2,1-2H3;1H,(H,4,5). The molecule has 1 N–H and O–H groups in total. The summed E-state index contributed by atoms with van der Waals surface area (Å²) in [6.07, 6.45) is -0.167. The first-order valence-corrected chi connectivity index (χ1v) is 4.59. The van der Waals surface area contributed by atoms with Crippen molar-refractivity contribution in [3.05, 3.63) is 24.3 Å². The molecule has 0 aliphatic heterocycles. The van der Waals surface area contributed by atoms with Crippen LogP contribution in [0.2, 0.25) is 0 Å². The summed E-state index contributed by atoms with van der Waals surface area (Å²) in [6, 6.07) is 7.61. The van der Waals surface area contributed by atoms with E-state index in [0.717, 1.165) is 11.5 Å². The van der Waals surface area contributed by atoms with E-state index in [1.165, 1.54) is 0 Å². The summed E-state index contributed by atoms with van der Waals surface area (Å²) < 4.78 is 10.4. The third-order valence-electron chi connectivity index (χ3n) is 1.47. The largest absolute Gasteiger partial charge is 0.493 e. The Bertz CT molecular complexity index is 335. The molecule has 0 fully saturated rings. The first kappa shape index (κ1) is 14.0. The summed E-state index contributed by atoms with van der Waals surface area (Å²) >= 11 is 0. The van der Waals surface area contributed by atoms with Gasteiger partial charge in [-0.2, -0.15) is 0 Å². The molecular formula is C11H14O5. The van der Waals surface area contributed by atoms with Crippen LogP contribution in [-0.4, -0.2) is 31.1 Å². The van der Waals surface area contributed by atoms with Gasteiger partial charge in [0.25, 0.3) is 0 Å². The van der Waals surface area contributed by atoms with E-state index in [4.69, 9.17) is 24.2 Å². The number of para-hydroxylation sites is 2. The number of aliphatic carboxylic acids is 1. The van der Waals surface area contributed by atoms with E-state index in [9.17, 15) is 0 Å². The number of ether oxygens (including phenoxy) is 2. The molecule has 1 aromatic rings. The highest BCUT2D eigenvalue weighted by molar-refractivity contribution is 6.19. The molecule has 0 aliphatic carbocycles. The molecular weight excluding hydrogens is 212 g/mol. The lowest BCUT2D eigenvalue weighted by atomic mass is 10.3. The number of methoxy groups -OCH3 is 1. The maximum absolute atomic E-state index is 9.00. The zero-order valence-electron chi connectivity index (χ0n) is 9.17. The molecule has 0 aliphatic rings. The van der Waals surface area contributed by atoms with Gasteiger partial charge in [0.15, 0.2) is 11.5 Å². The van der Waals surface area contributed by atoms with Gasteiger partial charge in [-0.05, 0) is 19.1 Å². The quantitative estimate of drug-likeness (QED) is 0.620. The summed E-state index contributed by atoms with van der Waals surface area (Å²) in [5.41, 5.74) is 0. The fourth-order valence-electron chi connectivity index (χ4n) is 0.894. The summed E-state index contributed by atoms with van der Waals surface area (Å²) in [7, 11) is 1.64. The van der Waals surface area contributed by atoms with E-state index in [0.29, 0.717) is 6.61 Å². The van der Waals surface area contributed by atoms with E-state index < -0.39 is 5.97 Å². The summed E-state index contributed by atoms with van der Waals surface area (Å²) in [5.74, 6) is 0.164. The second kappa shape index (κ2) is 8.28. The highest BCUT2D eigenvalue weighted by Gasteiger charge is 1.99. The van der Waals surface area contributed by atoms with Crippen LogP contribution >= 0.6 is 0 Å². The normalized spacial score (nSPS) is 8.38. The van der Waals surface area contributed by atoms with Crippen molar-refractivity contribution in [3.8, 4) is 11.5 Å². The zero-order chi connectivity index (χ0) is 12.4. The third kappa shape index (κ3) is 5.64. The summed E-state index contributed by atoms with van der Waals surface area (Å²) in [5, 5.41) is 7.35. The molecule has 0 atom stereocenters. The van der Waals surface area contributed by atoms with Crippen molar-refractivity contribution in [2.45, 2.75) is 6.92 Å². The number of rotatable bonds is 4. The molecule has 5 heteroatoms. The number of hydrogen-bond acceptors (Lipinski definition) is 4. The molecule has 88 valence electrons. The van der Waals surface area contributed by atoms with Crippen molar-refractivity contribution >= 4 is 12.3 Å². The maximum Gasteiger partial charge on any atom is 0.368 e. The molecule has 1 aromatic carbocycles. The van der Waals surface area contributed by atoms with Crippen LogP contribution in [0.1, 0.15) is 6.92 Å². The number of carboxylic acid groups (broad SMARTS) is 1. The molecule has 5 nitrogen and oxygen atoms in total. The predicted molar refractivity (Wildman–Crippen MR) is 57.9 cm³/mol. The molecule has 0 saturated heterocycles. The van der Waals surface area contributed by atoms with E-state index in [2.05, 4.69) is 0 Å². The Morgan fingerprint density at radius 1 is 1.38 bits per heavy atom. The van der Waals surface area contributed by atoms with Crippen LogP contribution in [0, 0.1) is 0 Å².